The summed E-state index contributed by atoms with van der Waals surface area (Å²) in [5.74, 6) is 1.71. The first-order valence-corrected chi connectivity index (χ1v) is 4.97. The van der Waals surface area contributed by atoms with Gasteiger partial charge in [-0.25, -0.2) is 0 Å². The smallest absolute Gasteiger partial charge is 0.127 e. The number of rotatable bonds is 4. The van der Waals surface area contributed by atoms with E-state index < -0.39 is 0 Å². The minimum atomic E-state index is 0.849. The first kappa shape index (κ1) is 11.3. The molecule has 0 aliphatic carbocycles. The number of hydrogen-bond acceptors (Lipinski definition) is 1. The molecule has 1 rings (SSSR count). The molecule has 0 saturated carbocycles. The molecule has 0 radical (unpaired) electrons. The molecule has 0 spiro atoms. The Balaban J connectivity index is 2.80. The van der Waals surface area contributed by atoms with Crippen molar-refractivity contribution in [1.82, 2.24) is 0 Å². The van der Waals surface area contributed by atoms with Gasteiger partial charge in [-0.2, -0.15) is 0 Å². The molecule has 0 fully saturated rings. The van der Waals surface area contributed by atoms with E-state index in [9.17, 15) is 0 Å². The zero-order valence-corrected chi connectivity index (χ0v) is 9.23. The Kier molecular flexibility index (Phi) is 4.42. The number of allylic oxidation sites excluding steroid dienone is 4. The molecule has 0 heterocycles. The van der Waals surface area contributed by atoms with Crippen LogP contribution in [-0.4, -0.2) is 0 Å². The van der Waals surface area contributed by atoms with Crippen LogP contribution >= 0.6 is 0 Å². The zero-order chi connectivity index (χ0) is 11.1. The second-order valence-corrected chi connectivity index (χ2v) is 3.15. The lowest BCUT2D eigenvalue weighted by molar-refractivity contribution is 0.435. The monoisotopic (exact) mass is 200 g/mol. The molecule has 78 valence electrons. The van der Waals surface area contributed by atoms with Crippen LogP contribution in [0, 0.1) is 0 Å². The molecule has 0 unspecified atom stereocenters. The van der Waals surface area contributed by atoms with Crippen molar-refractivity contribution in [3.05, 3.63) is 66.5 Å². The Hall–Kier alpha value is -1.76. The zero-order valence-electron chi connectivity index (χ0n) is 9.23. The van der Waals surface area contributed by atoms with Crippen molar-refractivity contribution < 1.29 is 4.74 Å². The minimum Gasteiger partial charge on any atom is -0.457 e. The summed E-state index contributed by atoms with van der Waals surface area (Å²) in [4.78, 5) is 0. The van der Waals surface area contributed by atoms with Gasteiger partial charge in [-0.05, 0) is 37.6 Å². The fraction of sp³-hybridized carbons (Fsp3) is 0.143. The van der Waals surface area contributed by atoms with Crippen LogP contribution in [0.5, 0.6) is 5.75 Å². The molecule has 0 bridgehead atoms. The summed E-state index contributed by atoms with van der Waals surface area (Å²) in [6.07, 6.45) is 5.63. The average Bonchev–Trinajstić information content (AvgIpc) is 2.27. The molecule has 0 aliphatic rings. The molecule has 1 aromatic rings. The third kappa shape index (κ3) is 3.47. The van der Waals surface area contributed by atoms with E-state index in [1.807, 2.05) is 56.3 Å². The van der Waals surface area contributed by atoms with Crippen molar-refractivity contribution in [1.29, 1.82) is 0 Å². The molecule has 0 amide bonds. The van der Waals surface area contributed by atoms with Gasteiger partial charge >= 0.3 is 0 Å². The van der Waals surface area contributed by atoms with Gasteiger partial charge in [0, 0.05) is 0 Å². The van der Waals surface area contributed by atoms with E-state index >= 15 is 0 Å². The molecule has 1 aromatic carbocycles. The normalized spacial score (nSPS) is 12.4. The third-order valence-corrected chi connectivity index (χ3v) is 1.99. The maximum Gasteiger partial charge on any atom is 0.127 e. The van der Waals surface area contributed by atoms with Gasteiger partial charge in [-0.3, -0.25) is 0 Å². The lowest BCUT2D eigenvalue weighted by Crippen LogP contribution is -1.96. The topological polar surface area (TPSA) is 9.23 Å². The largest absolute Gasteiger partial charge is 0.457 e. The quantitative estimate of drug-likeness (QED) is 0.525. The second kappa shape index (κ2) is 5.86. The highest BCUT2D eigenvalue weighted by Crippen LogP contribution is 2.17. The van der Waals surface area contributed by atoms with E-state index in [0.717, 1.165) is 17.1 Å². The molecule has 1 heteroatoms. The van der Waals surface area contributed by atoms with E-state index in [4.69, 9.17) is 4.74 Å². The minimum absolute atomic E-state index is 0.849. The molecule has 15 heavy (non-hydrogen) atoms. The Morgan fingerprint density at radius 3 is 2.47 bits per heavy atom. The van der Waals surface area contributed by atoms with Crippen molar-refractivity contribution in [2.45, 2.75) is 13.8 Å². The molecule has 0 N–H and O–H groups in total. The van der Waals surface area contributed by atoms with Gasteiger partial charge in [0.05, 0.1) is 0 Å². The average molecular weight is 200 g/mol. The first-order chi connectivity index (χ1) is 7.27. The summed E-state index contributed by atoms with van der Waals surface area (Å²) in [5, 5.41) is 0. The summed E-state index contributed by atoms with van der Waals surface area (Å²) < 4.78 is 5.72. The lowest BCUT2D eigenvalue weighted by atomic mass is 10.2. The molecule has 0 saturated heterocycles. The van der Waals surface area contributed by atoms with E-state index in [2.05, 4.69) is 6.58 Å². The number of para-hydroxylation sites is 1. The maximum absolute atomic E-state index is 5.72. The van der Waals surface area contributed by atoms with Crippen LogP contribution in [0.25, 0.3) is 0 Å². The fourth-order valence-electron chi connectivity index (χ4n) is 1.24. The molecule has 1 nitrogen and oxygen atoms in total. The Morgan fingerprint density at radius 2 is 1.93 bits per heavy atom. The Labute approximate surface area is 91.4 Å². The van der Waals surface area contributed by atoms with Crippen molar-refractivity contribution in [2.24, 2.45) is 0 Å². The van der Waals surface area contributed by atoms with Crippen molar-refractivity contribution >= 4 is 0 Å². The Bertz CT molecular complexity index is 372. The van der Waals surface area contributed by atoms with Gasteiger partial charge in [0.1, 0.15) is 11.5 Å². The summed E-state index contributed by atoms with van der Waals surface area (Å²) in [6, 6.07) is 9.74. The highest BCUT2D eigenvalue weighted by atomic mass is 16.5. The van der Waals surface area contributed by atoms with E-state index in [0.29, 0.717) is 0 Å². The van der Waals surface area contributed by atoms with Crippen molar-refractivity contribution in [3.8, 4) is 5.75 Å². The predicted molar refractivity (Wildman–Crippen MR) is 64.8 cm³/mol. The summed E-state index contributed by atoms with van der Waals surface area (Å²) in [5.41, 5.74) is 1.07. The highest BCUT2D eigenvalue weighted by Gasteiger charge is 2.00. The first-order valence-electron chi connectivity index (χ1n) is 4.97. The van der Waals surface area contributed by atoms with Crippen LogP contribution in [0.3, 0.4) is 0 Å². The molecule has 0 aliphatic heterocycles. The number of ether oxygens (including phenoxy) is 1. The predicted octanol–water partition coefficient (Wildman–Crippen LogP) is 4.10. The summed E-state index contributed by atoms with van der Waals surface area (Å²) in [7, 11) is 0. The number of hydrogen-bond donors (Lipinski definition) is 0. The van der Waals surface area contributed by atoms with Gasteiger partial charge in [-0.1, -0.05) is 36.9 Å². The summed E-state index contributed by atoms with van der Waals surface area (Å²) >= 11 is 0. The van der Waals surface area contributed by atoms with Crippen molar-refractivity contribution in [2.75, 3.05) is 0 Å². The van der Waals surface area contributed by atoms with Crippen LogP contribution < -0.4 is 4.74 Å². The summed E-state index contributed by atoms with van der Waals surface area (Å²) in [6.45, 7) is 7.62. The molecule has 0 aromatic heterocycles. The maximum atomic E-state index is 5.72. The van der Waals surface area contributed by atoms with Crippen LogP contribution in [0.2, 0.25) is 0 Å². The Morgan fingerprint density at radius 1 is 1.27 bits per heavy atom. The second-order valence-electron chi connectivity index (χ2n) is 3.15. The highest BCUT2D eigenvalue weighted by molar-refractivity contribution is 5.32. The molecular weight excluding hydrogens is 184 g/mol. The van der Waals surface area contributed by atoms with Gasteiger partial charge < -0.3 is 4.74 Å². The van der Waals surface area contributed by atoms with Gasteiger partial charge in [0.2, 0.25) is 0 Å². The third-order valence-electron chi connectivity index (χ3n) is 1.99. The number of benzene rings is 1. The molecular formula is C14H16O. The fourth-order valence-corrected chi connectivity index (χ4v) is 1.24. The SMILES string of the molecule is C=C/C=C(C)\C(=C/C)Oc1ccccc1. The standard InChI is InChI=1S/C14H16O/c1-4-9-12(3)14(5-2)15-13-10-7-6-8-11-13/h4-11H,1H2,2-3H3/b12-9-,14-5+. The van der Waals surface area contributed by atoms with Crippen LogP contribution in [0.15, 0.2) is 66.5 Å². The van der Waals surface area contributed by atoms with E-state index in [1.54, 1.807) is 6.08 Å². The van der Waals surface area contributed by atoms with Gasteiger partial charge in [0.15, 0.2) is 0 Å². The van der Waals surface area contributed by atoms with E-state index in [-0.39, 0.29) is 0 Å². The van der Waals surface area contributed by atoms with Gasteiger partial charge in [-0.15, -0.1) is 0 Å². The van der Waals surface area contributed by atoms with Crippen LogP contribution in [-0.2, 0) is 0 Å². The van der Waals surface area contributed by atoms with E-state index in [1.165, 1.54) is 0 Å². The lowest BCUT2D eigenvalue weighted by Gasteiger charge is -2.09. The van der Waals surface area contributed by atoms with Crippen molar-refractivity contribution in [3.63, 3.8) is 0 Å². The van der Waals surface area contributed by atoms with Crippen LogP contribution in [0.4, 0.5) is 0 Å². The molecule has 0 atom stereocenters. The van der Waals surface area contributed by atoms with Crippen LogP contribution in [0.1, 0.15) is 13.8 Å². The van der Waals surface area contributed by atoms with Gasteiger partial charge in [0.25, 0.3) is 0 Å².